The summed E-state index contributed by atoms with van der Waals surface area (Å²) in [5.41, 5.74) is 28.3. The summed E-state index contributed by atoms with van der Waals surface area (Å²) in [6.07, 6.45) is 5.39. The number of imide groups is 1. The minimum absolute atomic E-state index is 0.00968. The van der Waals surface area contributed by atoms with Crippen LogP contribution in [0, 0.1) is 29.1 Å². The molecule has 123 heavy (non-hydrogen) atoms. The summed E-state index contributed by atoms with van der Waals surface area (Å²) in [6, 6.07) is 6.45. The zero-order valence-corrected chi connectivity index (χ0v) is 72.1. The number of carboxylic acids is 2. The fourth-order valence-corrected chi connectivity index (χ4v) is 14.4. The largest absolute Gasteiger partial charge is 0.508 e. The third-order valence-corrected chi connectivity index (χ3v) is 20.8. The predicted octanol–water partition coefficient (Wildman–Crippen LogP) is -0.445. The molecule has 3 aliphatic heterocycles. The number of nitrogens with zero attached hydrogens (tertiary/aromatic N) is 6. The Balaban J connectivity index is 0.000000597. The molecule has 21 N–H and O–H groups in total. The van der Waals surface area contributed by atoms with Crippen molar-refractivity contribution in [2.75, 3.05) is 66.0 Å². The molecule has 0 spiro atoms. The van der Waals surface area contributed by atoms with E-state index in [9.17, 15) is 91.7 Å². The Morgan fingerprint density at radius 1 is 0.561 bits per heavy atom. The van der Waals surface area contributed by atoms with Gasteiger partial charge in [-0.25, -0.2) is 0 Å². The zero-order chi connectivity index (χ0) is 91.8. The van der Waals surface area contributed by atoms with E-state index >= 15 is 0 Å². The molecule has 39 heteroatoms. The van der Waals surface area contributed by atoms with Gasteiger partial charge in [0.25, 0.3) is 11.8 Å². The summed E-state index contributed by atoms with van der Waals surface area (Å²) in [5, 5.41) is 49.7. The number of hydrogen-bond acceptors (Lipinski definition) is 21. The molecule has 0 unspecified atom stereocenters. The Hall–Kier alpha value is -11.9. The number of guanidine groups is 2. The maximum atomic E-state index is 14.8. The average Bonchev–Trinajstić information content (AvgIpc) is 1.75. The molecule has 3 heterocycles. The topological polar surface area (TPSA) is 615 Å². The van der Waals surface area contributed by atoms with Crippen molar-refractivity contribution in [1.29, 1.82) is 0 Å². The Morgan fingerprint density at radius 3 is 1.68 bits per heavy atom. The van der Waals surface area contributed by atoms with Crippen LogP contribution >= 0.6 is 0 Å². The fourth-order valence-electron chi connectivity index (χ4n) is 14.4. The first-order valence-electron chi connectivity index (χ1n) is 41.8. The van der Waals surface area contributed by atoms with Crippen LogP contribution in [0.2, 0.25) is 0 Å². The second kappa shape index (κ2) is 52.4. The van der Waals surface area contributed by atoms with E-state index in [4.69, 9.17) is 33.8 Å². The van der Waals surface area contributed by atoms with Crippen molar-refractivity contribution in [3.05, 3.63) is 77.9 Å². The number of rotatable bonds is 51. The molecule has 680 valence electrons. The van der Waals surface area contributed by atoms with Crippen molar-refractivity contribution in [3.63, 3.8) is 0 Å². The first-order valence-corrected chi connectivity index (χ1v) is 41.8. The molecule has 0 saturated carbocycles. The van der Waals surface area contributed by atoms with Gasteiger partial charge in [-0.1, -0.05) is 90.9 Å². The Morgan fingerprint density at radius 2 is 1.11 bits per heavy atom. The number of aromatic hydroxyl groups is 1. The highest BCUT2D eigenvalue weighted by atomic mass is 16.4. The van der Waals surface area contributed by atoms with E-state index in [0.717, 1.165) is 10.5 Å². The number of ketones is 2. The van der Waals surface area contributed by atoms with Crippen LogP contribution in [0.15, 0.2) is 76.7 Å². The number of nitrogens with two attached hydrogens (primary N) is 5. The van der Waals surface area contributed by atoms with Gasteiger partial charge in [0.05, 0.1) is 37.5 Å². The van der Waals surface area contributed by atoms with Crippen molar-refractivity contribution < 1.29 is 96.8 Å². The number of phenolic OH excluding ortho intramolecular Hbond substituents is 1. The zero-order valence-electron chi connectivity index (χ0n) is 72.1. The maximum absolute atomic E-state index is 14.8. The Kier molecular flexibility index (Phi) is 44.1. The molecule has 10 atom stereocenters. The Labute approximate surface area is 717 Å². The van der Waals surface area contributed by atoms with E-state index in [-0.39, 0.29) is 152 Å². The second-order valence-electron chi connectivity index (χ2n) is 33.0. The number of unbranched alkanes of at least 4 members (excludes halogenated alkanes) is 1. The number of aliphatic carboxylic acids is 2. The lowest BCUT2D eigenvalue weighted by atomic mass is 9.76. The number of aliphatic imine (C=N–C) groups is 2. The molecule has 0 radical (unpaired) electrons. The molecule has 0 bridgehead atoms. The number of benzene rings is 2. The van der Waals surface area contributed by atoms with Gasteiger partial charge in [0.1, 0.15) is 42.0 Å². The average molecular weight is 1730 g/mol. The van der Waals surface area contributed by atoms with Crippen molar-refractivity contribution in [1.82, 2.24) is 62.1 Å². The van der Waals surface area contributed by atoms with Gasteiger partial charge in [0.2, 0.25) is 65.0 Å². The van der Waals surface area contributed by atoms with Crippen LogP contribution in [-0.4, -0.2) is 261 Å². The molecule has 5 rings (SSSR count). The van der Waals surface area contributed by atoms with Crippen LogP contribution in [0.25, 0.3) is 0 Å². The molecular formula is C84H129N19O20. The number of likely N-dealkylation sites (tertiary alicyclic amines) is 2. The summed E-state index contributed by atoms with van der Waals surface area (Å²) in [7, 11) is 1.46. The highest BCUT2D eigenvalue weighted by molar-refractivity contribution is 6.13. The number of carbonyl (C=O) groups excluding carboxylic acids is 15. The van der Waals surface area contributed by atoms with Gasteiger partial charge in [0.15, 0.2) is 23.5 Å². The molecule has 39 nitrogen and oxygen atoms in total. The predicted molar refractivity (Wildman–Crippen MR) is 455 cm³/mol. The van der Waals surface area contributed by atoms with Crippen molar-refractivity contribution >= 4 is 112 Å². The van der Waals surface area contributed by atoms with E-state index in [1.165, 1.54) is 53.0 Å². The molecule has 0 aliphatic carbocycles. The van der Waals surface area contributed by atoms with Crippen molar-refractivity contribution in [3.8, 4) is 5.75 Å². The van der Waals surface area contributed by atoms with Crippen LogP contribution in [0.4, 0.5) is 0 Å². The molecule has 13 amide bonds. The summed E-state index contributed by atoms with van der Waals surface area (Å²) in [4.78, 5) is 236. The van der Waals surface area contributed by atoms with E-state index < -0.39 is 179 Å². The summed E-state index contributed by atoms with van der Waals surface area (Å²) < 4.78 is 0. The van der Waals surface area contributed by atoms with E-state index in [1.54, 1.807) is 63.2 Å². The smallest absolute Gasteiger partial charge is 0.307 e. The first-order chi connectivity index (χ1) is 58.0. The number of nitrogens with one attached hydrogen (secondary N) is 8. The summed E-state index contributed by atoms with van der Waals surface area (Å²) in [5.74, 6) is -13.1. The fraction of sp³-hybridized carbons (Fsp3) is 0.607. The van der Waals surface area contributed by atoms with Gasteiger partial charge >= 0.3 is 11.9 Å². The van der Waals surface area contributed by atoms with Crippen LogP contribution in [0.5, 0.6) is 5.75 Å². The summed E-state index contributed by atoms with van der Waals surface area (Å²) in [6.45, 7) is 14.6. The highest BCUT2D eigenvalue weighted by Crippen LogP contribution is 2.33. The third-order valence-electron chi connectivity index (χ3n) is 20.8. The number of amides is 13. The van der Waals surface area contributed by atoms with E-state index in [2.05, 4.69) is 52.5 Å². The molecule has 3 aliphatic rings. The van der Waals surface area contributed by atoms with Crippen LogP contribution < -0.4 is 71.2 Å². The summed E-state index contributed by atoms with van der Waals surface area (Å²) >= 11 is 0. The van der Waals surface area contributed by atoms with E-state index in [1.807, 2.05) is 27.7 Å². The Bertz CT molecular complexity index is 4030. The highest BCUT2D eigenvalue weighted by Gasteiger charge is 2.45. The lowest BCUT2D eigenvalue weighted by molar-refractivity contribution is -0.149. The number of likely N-dealkylation sites (N-methyl/N-ethyl adjacent to an activating group) is 1. The standard InChI is InChI=1S/C54H89N13O11.C30H40N6O9/c1-32(2)28-40(64-47(73)42-17-12-26-66(42)48(74)39(62-33(3)68)14-8-9-23-55)49(75)67-27-13-18-43(67)50(76)65(7)41(16-11-25-61-53(58)59)45(71)31-37(54(4,5)6)46(72)63-38(15-10-24-60-52(56)57)44(70)30-35(51(77)78)29-34-19-21-36(69)22-20-34;1-19(2)15-21(29(44)33-17-24(38)31-13-6-14-36-26(40)10-11-27(36)41)35-30(45)22(16-20-7-4-3-5-8-20)34-25(39)18-32-23(37)9-12-28(42)43/h19-22,32,35,37-43,69H,8-18,23-31,55H2,1-7H3,(H,62,68)(H,63,72)(H,64,73)(H,77,78)(H4,56,57,60)(H4,58,59,61);3-5,7-8,10-11,19,21-22H,6,9,12-18H2,1-2H3,(H,31,38)(H,32,37)(H,33,44)(H,34,39)(H,35,45)(H,42,43)/t35-,37-,38+,39+,40+,41+,42+,43+;21-,22-/m10/s1. The number of hydrogen-bond donors (Lipinski definition) is 16. The maximum Gasteiger partial charge on any atom is 0.307 e. The van der Waals surface area contributed by atoms with Gasteiger partial charge in [-0.3, -0.25) is 96.4 Å². The minimum Gasteiger partial charge on any atom is -0.508 e. The van der Waals surface area contributed by atoms with Gasteiger partial charge in [-0.2, -0.15) is 0 Å². The monoisotopic (exact) mass is 1720 g/mol. The molecular weight excluding hydrogens is 1600 g/mol. The lowest BCUT2D eigenvalue weighted by Crippen LogP contribution is -2.58. The van der Waals surface area contributed by atoms with Crippen LogP contribution in [-0.2, 0) is 94.3 Å². The van der Waals surface area contributed by atoms with Crippen LogP contribution in [0.3, 0.4) is 0 Å². The number of carboxylic acid groups (broad SMARTS) is 2. The van der Waals surface area contributed by atoms with Gasteiger partial charge < -0.3 is 101 Å². The van der Waals surface area contributed by atoms with Crippen molar-refractivity contribution in [2.24, 2.45) is 67.7 Å². The number of Topliss-reactive ketones (excluding diaryl/α,β-unsaturated/α-hetero) is 2. The minimum atomic E-state index is -1.23. The molecule has 2 aromatic carbocycles. The van der Waals surface area contributed by atoms with Gasteiger partial charge in [-0.05, 0) is 143 Å². The SMILES string of the molecule is CC(=O)N[C@@H](CCCCN)C(=O)N1CCC[C@H]1C(=O)N[C@@H](CC(C)C)C(=O)N1CCC[C@H]1C(=O)N(C)[C@@H](CCCN=C(N)N)C(=O)C[C@H](C(=O)N[C@@H](CCCN=C(N)N)C(=O)C[C@@H](Cc1ccc(O)cc1)C(=O)O)C(C)(C)C.CC(C)C[C@H](NC(=O)[C@H](Cc1ccccc1)NC(=O)CNC(=O)CCC(=O)O)C(=O)NCC(=O)NCCCN1C(=O)C=CC1=O. The quantitative estimate of drug-likeness (QED) is 0.0173. The first kappa shape index (κ1) is 103. The molecule has 2 saturated heterocycles. The molecule has 0 aromatic heterocycles. The second-order valence-corrected chi connectivity index (χ2v) is 33.0. The number of carbonyl (C=O) groups is 17. The molecule has 2 aromatic rings. The molecule has 2 fully saturated rings. The lowest BCUT2D eigenvalue weighted by Gasteiger charge is -2.36. The normalized spacial score (nSPS) is 16.2. The van der Waals surface area contributed by atoms with E-state index in [0.29, 0.717) is 57.1 Å². The third kappa shape index (κ3) is 37.1. The van der Waals surface area contributed by atoms with Gasteiger partial charge in [0, 0.05) is 97.0 Å². The van der Waals surface area contributed by atoms with Gasteiger partial charge in [-0.15, -0.1) is 0 Å². The van der Waals surface area contributed by atoms with Crippen LogP contribution in [0.1, 0.15) is 182 Å². The number of phenols is 1. The van der Waals surface area contributed by atoms with Crippen molar-refractivity contribution in [2.45, 2.75) is 232 Å².